The zero-order valence-electron chi connectivity index (χ0n) is 9.21. The smallest absolute Gasteiger partial charge is 0.164 e. The highest BCUT2D eigenvalue weighted by atomic mass is 32.1. The van der Waals surface area contributed by atoms with Gasteiger partial charge < -0.3 is 0 Å². The Bertz CT molecular complexity index is 525. The Balaban J connectivity index is 2.45. The number of thiophene rings is 1. The van der Waals surface area contributed by atoms with Crippen molar-refractivity contribution in [3.63, 3.8) is 0 Å². The Kier molecular flexibility index (Phi) is 3.51. The molecule has 0 saturated carbocycles. The van der Waals surface area contributed by atoms with Gasteiger partial charge in [0.2, 0.25) is 0 Å². The fraction of sp³-hybridized carbons (Fsp3) is 0.167. The van der Waals surface area contributed by atoms with Gasteiger partial charge in [-0.3, -0.25) is 5.84 Å². The van der Waals surface area contributed by atoms with Crippen molar-refractivity contribution in [1.29, 1.82) is 0 Å². The number of rotatable bonds is 3. The van der Waals surface area contributed by atoms with Crippen LogP contribution in [0.2, 0.25) is 0 Å². The molecule has 0 radical (unpaired) electrons. The lowest BCUT2D eigenvalue weighted by molar-refractivity contribution is 0.484. The van der Waals surface area contributed by atoms with Crippen LogP contribution in [-0.2, 0) is 0 Å². The van der Waals surface area contributed by atoms with Crippen LogP contribution < -0.4 is 11.3 Å². The lowest BCUT2D eigenvalue weighted by atomic mass is 10.1. The molecule has 0 aliphatic heterocycles. The SMILES string of the molecule is Cc1ccc(C(NN)c2cccc(F)c2F)s1. The van der Waals surface area contributed by atoms with Gasteiger partial charge in [-0.25, -0.2) is 14.2 Å². The molecule has 1 atom stereocenters. The molecule has 90 valence electrons. The van der Waals surface area contributed by atoms with Gasteiger partial charge in [-0.05, 0) is 25.1 Å². The van der Waals surface area contributed by atoms with Crippen LogP contribution in [0.3, 0.4) is 0 Å². The van der Waals surface area contributed by atoms with Gasteiger partial charge in [0.15, 0.2) is 11.6 Å². The zero-order valence-corrected chi connectivity index (χ0v) is 10.0. The van der Waals surface area contributed by atoms with Crippen molar-refractivity contribution in [2.75, 3.05) is 0 Å². The zero-order chi connectivity index (χ0) is 12.4. The molecule has 0 saturated heterocycles. The van der Waals surface area contributed by atoms with Gasteiger partial charge in [0.05, 0.1) is 6.04 Å². The molecule has 2 nitrogen and oxygen atoms in total. The number of hydrogen-bond acceptors (Lipinski definition) is 3. The molecule has 2 rings (SSSR count). The molecule has 2 aromatic rings. The molecule has 5 heteroatoms. The van der Waals surface area contributed by atoms with E-state index in [2.05, 4.69) is 5.43 Å². The highest BCUT2D eigenvalue weighted by Crippen LogP contribution is 2.29. The highest BCUT2D eigenvalue weighted by Gasteiger charge is 2.19. The second kappa shape index (κ2) is 4.91. The van der Waals surface area contributed by atoms with Crippen LogP contribution in [0.15, 0.2) is 30.3 Å². The van der Waals surface area contributed by atoms with Crippen LogP contribution in [-0.4, -0.2) is 0 Å². The standard InChI is InChI=1S/C12H12F2N2S/c1-7-5-6-10(17-7)12(16-15)8-3-2-4-9(13)11(8)14/h2-6,12,16H,15H2,1H3. The monoisotopic (exact) mass is 254 g/mol. The van der Waals surface area contributed by atoms with E-state index in [0.717, 1.165) is 15.8 Å². The summed E-state index contributed by atoms with van der Waals surface area (Å²) in [5.41, 5.74) is 2.74. The van der Waals surface area contributed by atoms with Crippen LogP contribution in [0.1, 0.15) is 21.4 Å². The number of hydrazine groups is 1. The van der Waals surface area contributed by atoms with Gasteiger partial charge in [-0.2, -0.15) is 0 Å². The normalized spacial score (nSPS) is 12.7. The first-order valence-corrected chi connectivity index (χ1v) is 5.91. The van der Waals surface area contributed by atoms with E-state index in [1.165, 1.54) is 23.5 Å². The molecule has 0 amide bonds. The predicted octanol–water partition coefficient (Wildman–Crippen LogP) is 2.89. The third-order valence-corrected chi connectivity index (χ3v) is 3.57. The molecule has 1 aromatic carbocycles. The molecule has 1 heterocycles. The van der Waals surface area contributed by atoms with Gasteiger partial charge >= 0.3 is 0 Å². The highest BCUT2D eigenvalue weighted by molar-refractivity contribution is 7.12. The minimum atomic E-state index is -0.865. The Morgan fingerprint density at radius 2 is 2.00 bits per heavy atom. The molecule has 3 N–H and O–H groups in total. The average Bonchev–Trinajstić information content (AvgIpc) is 2.72. The van der Waals surface area contributed by atoms with Crippen molar-refractivity contribution in [3.8, 4) is 0 Å². The summed E-state index contributed by atoms with van der Waals surface area (Å²) in [6.07, 6.45) is 0. The Morgan fingerprint density at radius 3 is 2.59 bits per heavy atom. The van der Waals surface area contributed by atoms with E-state index in [-0.39, 0.29) is 5.56 Å². The van der Waals surface area contributed by atoms with E-state index in [1.54, 1.807) is 0 Å². The topological polar surface area (TPSA) is 38.0 Å². The van der Waals surface area contributed by atoms with E-state index >= 15 is 0 Å². The molecule has 0 aliphatic carbocycles. The molecule has 0 spiro atoms. The Hall–Kier alpha value is -1.30. The van der Waals surface area contributed by atoms with Gasteiger partial charge in [-0.1, -0.05) is 12.1 Å². The predicted molar refractivity (Wildman–Crippen MR) is 64.6 cm³/mol. The van der Waals surface area contributed by atoms with E-state index in [4.69, 9.17) is 5.84 Å². The van der Waals surface area contributed by atoms with Gasteiger partial charge in [0, 0.05) is 15.3 Å². The number of halogens is 2. The van der Waals surface area contributed by atoms with Crippen LogP contribution >= 0.6 is 11.3 Å². The molecular weight excluding hydrogens is 242 g/mol. The number of nitrogens with two attached hydrogens (primary N) is 1. The third kappa shape index (κ3) is 2.36. The number of aryl methyl sites for hydroxylation is 1. The number of nitrogens with one attached hydrogen (secondary N) is 1. The Labute approximate surface area is 102 Å². The third-order valence-electron chi connectivity index (χ3n) is 2.50. The molecule has 1 unspecified atom stereocenters. The maximum absolute atomic E-state index is 13.7. The maximum Gasteiger partial charge on any atom is 0.164 e. The van der Waals surface area contributed by atoms with Crippen molar-refractivity contribution < 1.29 is 8.78 Å². The van der Waals surface area contributed by atoms with Crippen LogP contribution in [0.25, 0.3) is 0 Å². The first kappa shape index (κ1) is 12.2. The van der Waals surface area contributed by atoms with Crippen LogP contribution in [0.4, 0.5) is 8.78 Å². The van der Waals surface area contributed by atoms with E-state index in [9.17, 15) is 8.78 Å². The Morgan fingerprint density at radius 1 is 1.24 bits per heavy atom. The molecular formula is C12H12F2N2S. The van der Waals surface area contributed by atoms with Crippen molar-refractivity contribution in [3.05, 3.63) is 57.3 Å². The van der Waals surface area contributed by atoms with E-state index < -0.39 is 17.7 Å². The lowest BCUT2D eigenvalue weighted by Crippen LogP contribution is -2.29. The van der Waals surface area contributed by atoms with Gasteiger partial charge in [0.25, 0.3) is 0 Å². The van der Waals surface area contributed by atoms with Crippen molar-refractivity contribution in [2.45, 2.75) is 13.0 Å². The summed E-state index contributed by atoms with van der Waals surface area (Å²) in [5, 5.41) is 0. The lowest BCUT2D eigenvalue weighted by Gasteiger charge is -2.15. The summed E-state index contributed by atoms with van der Waals surface area (Å²) >= 11 is 1.50. The summed E-state index contributed by atoms with van der Waals surface area (Å²) in [6, 6.07) is 7.34. The summed E-state index contributed by atoms with van der Waals surface area (Å²) in [7, 11) is 0. The summed E-state index contributed by atoms with van der Waals surface area (Å²) in [6.45, 7) is 1.95. The second-order valence-corrected chi connectivity index (χ2v) is 5.01. The minimum Gasteiger partial charge on any atom is -0.271 e. The fourth-order valence-electron chi connectivity index (χ4n) is 1.68. The van der Waals surface area contributed by atoms with E-state index in [1.807, 2.05) is 19.1 Å². The quantitative estimate of drug-likeness (QED) is 0.653. The van der Waals surface area contributed by atoms with Crippen molar-refractivity contribution in [1.82, 2.24) is 5.43 Å². The molecule has 0 bridgehead atoms. The number of hydrogen-bond donors (Lipinski definition) is 2. The van der Waals surface area contributed by atoms with Crippen LogP contribution in [0.5, 0.6) is 0 Å². The molecule has 17 heavy (non-hydrogen) atoms. The largest absolute Gasteiger partial charge is 0.271 e. The van der Waals surface area contributed by atoms with Crippen LogP contribution in [0, 0.1) is 18.6 Å². The van der Waals surface area contributed by atoms with Gasteiger partial charge in [-0.15, -0.1) is 11.3 Å². The molecule has 1 aromatic heterocycles. The second-order valence-electron chi connectivity index (χ2n) is 3.69. The van der Waals surface area contributed by atoms with Crippen molar-refractivity contribution >= 4 is 11.3 Å². The molecule has 0 aliphatic rings. The number of benzene rings is 1. The first-order valence-electron chi connectivity index (χ1n) is 5.10. The molecule has 0 fully saturated rings. The average molecular weight is 254 g/mol. The van der Waals surface area contributed by atoms with E-state index in [0.29, 0.717) is 0 Å². The first-order chi connectivity index (χ1) is 8.13. The minimum absolute atomic E-state index is 0.217. The fourth-order valence-corrected chi connectivity index (χ4v) is 2.63. The summed E-state index contributed by atoms with van der Waals surface area (Å²) in [4.78, 5) is 1.95. The summed E-state index contributed by atoms with van der Waals surface area (Å²) < 4.78 is 26.8. The van der Waals surface area contributed by atoms with Crippen molar-refractivity contribution in [2.24, 2.45) is 5.84 Å². The maximum atomic E-state index is 13.7. The van der Waals surface area contributed by atoms with Gasteiger partial charge in [0.1, 0.15) is 0 Å². The summed E-state index contributed by atoms with van der Waals surface area (Å²) in [5.74, 6) is 3.71.